The molecule has 6 heteroatoms. The summed E-state index contributed by atoms with van der Waals surface area (Å²) in [6.45, 7) is 4.94. The quantitative estimate of drug-likeness (QED) is 0.601. The minimum atomic E-state index is -0.890. The smallest absolute Gasteiger partial charge is 0.339 e. The second-order valence-electron chi connectivity index (χ2n) is 6.80. The van der Waals surface area contributed by atoms with Gasteiger partial charge in [0.05, 0.1) is 18.4 Å². The predicted octanol–water partition coefficient (Wildman–Crippen LogP) is 3.50. The number of aromatic nitrogens is 1. The zero-order chi connectivity index (χ0) is 18.6. The van der Waals surface area contributed by atoms with Gasteiger partial charge in [-0.3, -0.25) is 9.59 Å². The van der Waals surface area contributed by atoms with Crippen LogP contribution in [0.2, 0.25) is 0 Å². The lowest BCUT2D eigenvalue weighted by molar-refractivity contribution is -0.146. The molecule has 1 fully saturated rings. The molecule has 1 aliphatic rings. The van der Waals surface area contributed by atoms with E-state index in [1.54, 1.807) is 20.8 Å². The molecule has 25 heavy (non-hydrogen) atoms. The highest BCUT2D eigenvalue weighted by Gasteiger charge is 2.27. The number of carbonyl (C=O) groups is 3. The number of hydrogen-bond acceptors (Lipinski definition) is 5. The molecule has 1 aliphatic carbocycles. The summed E-state index contributed by atoms with van der Waals surface area (Å²) in [5.74, 6) is -0.576. The Morgan fingerprint density at radius 2 is 1.84 bits per heavy atom. The highest BCUT2D eigenvalue weighted by Crippen LogP contribution is 2.28. The number of ether oxygens (including phenoxy) is 2. The molecule has 1 heterocycles. The number of rotatable bonds is 7. The molecule has 0 aliphatic heterocycles. The van der Waals surface area contributed by atoms with Gasteiger partial charge in [-0.2, -0.15) is 0 Å². The average Bonchev–Trinajstić information content (AvgIpc) is 3.19. The number of hydrogen-bond donors (Lipinski definition) is 1. The first-order valence-corrected chi connectivity index (χ1v) is 8.86. The van der Waals surface area contributed by atoms with Crippen molar-refractivity contribution in [1.82, 2.24) is 4.98 Å². The molecule has 138 valence electrons. The molecule has 1 aromatic rings. The van der Waals surface area contributed by atoms with E-state index in [1.165, 1.54) is 32.8 Å². The van der Waals surface area contributed by atoms with Crippen molar-refractivity contribution in [3.63, 3.8) is 0 Å². The fraction of sp³-hybridized carbons (Fsp3) is 0.632. The first-order valence-electron chi connectivity index (χ1n) is 8.86. The minimum Gasteiger partial charge on any atom is -0.465 e. The monoisotopic (exact) mass is 349 g/mol. The minimum absolute atomic E-state index is 0.286. The summed E-state index contributed by atoms with van der Waals surface area (Å²) in [6.07, 6.45) is 5.12. The van der Waals surface area contributed by atoms with E-state index in [4.69, 9.17) is 9.47 Å². The lowest BCUT2D eigenvalue weighted by Gasteiger charge is -2.13. The third kappa shape index (κ3) is 4.50. The molecule has 0 amide bonds. The summed E-state index contributed by atoms with van der Waals surface area (Å²) in [7, 11) is 1.30. The Labute approximate surface area is 148 Å². The number of methoxy groups -OCH3 is 1. The highest BCUT2D eigenvalue weighted by molar-refractivity contribution is 6.03. The molecule has 0 aromatic carbocycles. The van der Waals surface area contributed by atoms with Gasteiger partial charge in [-0.15, -0.1) is 0 Å². The molecule has 0 radical (unpaired) electrons. The van der Waals surface area contributed by atoms with Crippen LogP contribution in [-0.4, -0.2) is 35.9 Å². The molecule has 0 spiro atoms. The standard InChI is InChI=1S/C19H27NO5/c1-11-16(19(23)24-4)12(2)20-17(11)18(22)13(3)25-15(21)10-9-14-7-5-6-8-14/h13-14,20H,5-10H2,1-4H3/t13-/m0/s1. The Morgan fingerprint density at radius 1 is 1.20 bits per heavy atom. The van der Waals surface area contributed by atoms with Crippen molar-refractivity contribution >= 4 is 17.7 Å². The lowest BCUT2D eigenvalue weighted by atomic mass is 10.0. The molecule has 0 unspecified atom stereocenters. The first-order chi connectivity index (χ1) is 11.8. The Hall–Kier alpha value is -2.11. The topological polar surface area (TPSA) is 85.5 Å². The van der Waals surface area contributed by atoms with Gasteiger partial charge < -0.3 is 14.5 Å². The molecule has 1 N–H and O–H groups in total. The second-order valence-corrected chi connectivity index (χ2v) is 6.80. The first kappa shape index (κ1) is 19.2. The van der Waals surface area contributed by atoms with E-state index in [1.807, 2.05) is 0 Å². The van der Waals surface area contributed by atoms with Gasteiger partial charge >= 0.3 is 11.9 Å². The van der Waals surface area contributed by atoms with E-state index in [9.17, 15) is 14.4 Å². The van der Waals surface area contributed by atoms with Crippen LogP contribution in [0.5, 0.6) is 0 Å². The summed E-state index contributed by atoms with van der Waals surface area (Å²) >= 11 is 0. The number of aryl methyl sites for hydroxylation is 1. The molecule has 6 nitrogen and oxygen atoms in total. The number of esters is 2. The van der Waals surface area contributed by atoms with Crippen LogP contribution in [0.3, 0.4) is 0 Å². The van der Waals surface area contributed by atoms with Gasteiger partial charge in [0.15, 0.2) is 6.10 Å². The second kappa shape index (κ2) is 8.32. The third-order valence-corrected chi connectivity index (χ3v) is 4.98. The predicted molar refractivity (Wildman–Crippen MR) is 92.7 cm³/mol. The number of ketones is 1. The van der Waals surface area contributed by atoms with Gasteiger partial charge in [-0.25, -0.2) is 4.79 Å². The van der Waals surface area contributed by atoms with Crippen LogP contribution in [0, 0.1) is 19.8 Å². The third-order valence-electron chi connectivity index (χ3n) is 4.98. The van der Waals surface area contributed by atoms with Crippen molar-refractivity contribution in [2.24, 2.45) is 5.92 Å². The van der Waals surface area contributed by atoms with Crippen molar-refractivity contribution < 1.29 is 23.9 Å². The molecular formula is C19H27NO5. The Balaban J connectivity index is 1.97. The van der Waals surface area contributed by atoms with Gasteiger partial charge in [0.2, 0.25) is 5.78 Å². The van der Waals surface area contributed by atoms with Crippen molar-refractivity contribution in [1.29, 1.82) is 0 Å². The Bertz CT molecular complexity index is 655. The summed E-state index contributed by atoms with van der Waals surface area (Å²) in [6, 6.07) is 0. The molecule has 1 aromatic heterocycles. The van der Waals surface area contributed by atoms with Crippen LogP contribution in [-0.2, 0) is 14.3 Å². The van der Waals surface area contributed by atoms with E-state index in [0.717, 1.165) is 6.42 Å². The maximum absolute atomic E-state index is 12.6. The fourth-order valence-electron chi connectivity index (χ4n) is 3.54. The highest BCUT2D eigenvalue weighted by atomic mass is 16.5. The van der Waals surface area contributed by atoms with Gasteiger partial charge in [0, 0.05) is 12.1 Å². The van der Waals surface area contributed by atoms with Crippen LogP contribution in [0.1, 0.15) is 77.6 Å². The summed E-state index contributed by atoms with van der Waals surface area (Å²) in [4.78, 5) is 39.3. The van der Waals surface area contributed by atoms with Crippen molar-refractivity contribution in [3.8, 4) is 0 Å². The Morgan fingerprint density at radius 3 is 2.44 bits per heavy atom. The van der Waals surface area contributed by atoms with Gasteiger partial charge in [-0.05, 0) is 38.7 Å². The SMILES string of the molecule is COC(=O)c1c(C)[nH]c(C(=O)[C@H](C)OC(=O)CCC2CCCC2)c1C. The zero-order valence-corrected chi connectivity index (χ0v) is 15.4. The maximum atomic E-state index is 12.6. The zero-order valence-electron chi connectivity index (χ0n) is 15.4. The van der Waals surface area contributed by atoms with Crippen molar-refractivity contribution in [2.45, 2.75) is 65.4 Å². The largest absolute Gasteiger partial charge is 0.465 e. The van der Waals surface area contributed by atoms with Crippen LogP contribution in [0.25, 0.3) is 0 Å². The van der Waals surface area contributed by atoms with E-state index in [-0.39, 0.29) is 17.4 Å². The van der Waals surface area contributed by atoms with Gasteiger partial charge in [0.25, 0.3) is 0 Å². The van der Waals surface area contributed by atoms with Crippen LogP contribution >= 0.6 is 0 Å². The number of Topliss-reactive ketones (excluding diaryl/α,β-unsaturated/α-hetero) is 1. The van der Waals surface area contributed by atoms with Gasteiger partial charge in [-0.1, -0.05) is 25.7 Å². The maximum Gasteiger partial charge on any atom is 0.339 e. The number of carbonyl (C=O) groups excluding carboxylic acids is 3. The van der Waals surface area contributed by atoms with Crippen molar-refractivity contribution in [2.75, 3.05) is 7.11 Å². The average molecular weight is 349 g/mol. The summed E-state index contributed by atoms with van der Waals surface area (Å²) < 4.78 is 10.0. The number of aromatic amines is 1. The van der Waals surface area contributed by atoms with E-state index in [2.05, 4.69) is 4.98 Å². The van der Waals surface area contributed by atoms with Crippen LogP contribution < -0.4 is 0 Å². The van der Waals surface area contributed by atoms with Crippen LogP contribution in [0.4, 0.5) is 0 Å². The summed E-state index contributed by atoms with van der Waals surface area (Å²) in [5, 5.41) is 0. The number of nitrogens with one attached hydrogen (secondary N) is 1. The van der Waals surface area contributed by atoms with Crippen molar-refractivity contribution in [3.05, 3.63) is 22.5 Å². The van der Waals surface area contributed by atoms with Gasteiger partial charge in [0.1, 0.15) is 0 Å². The Kier molecular flexibility index (Phi) is 6.39. The normalized spacial score (nSPS) is 15.8. The summed E-state index contributed by atoms with van der Waals surface area (Å²) in [5.41, 5.74) is 1.72. The lowest BCUT2D eigenvalue weighted by Crippen LogP contribution is -2.25. The number of H-pyrrole nitrogens is 1. The molecule has 1 saturated carbocycles. The van der Waals surface area contributed by atoms with E-state index in [0.29, 0.717) is 29.2 Å². The molecule has 1 atom stereocenters. The molecule has 0 saturated heterocycles. The molecule has 0 bridgehead atoms. The molecule has 2 rings (SSSR count). The molecular weight excluding hydrogens is 322 g/mol. The van der Waals surface area contributed by atoms with Crippen LogP contribution in [0.15, 0.2) is 0 Å². The fourth-order valence-corrected chi connectivity index (χ4v) is 3.54. The van der Waals surface area contributed by atoms with E-state index >= 15 is 0 Å². The van der Waals surface area contributed by atoms with E-state index < -0.39 is 12.1 Å².